The minimum absolute atomic E-state index is 0.0727. The van der Waals surface area contributed by atoms with Crippen LogP contribution in [0.25, 0.3) is 0 Å². The van der Waals surface area contributed by atoms with E-state index in [1.54, 1.807) is 13.8 Å². The molecule has 0 N–H and O–H groups in total. The van der Waals surface area contributed by atoms with Crippen molar-refractivity contribution in [2.24, 2.45) is 5.41 Å². The van der Waals surface area contributed by atoms with Crippen molar-refractivity contribution < 1.29 is 36.7 Å². The third-order valence-corrected chi connectivity index (χ3v) is 16.7. The van der Waals surface area contributed by atoms with Gasteiger partial charge in [0.05, 0.1) is 70.8 Å². The number of halogens is 5. The minimum atomic E-state index is -4.88. The highest BCUT2D eigenvalue weighted by Gasteiger charge is 2.50. The lowest BCUT2D eigenvalue weighted by molar-refractivity contribution is -0.157. The fraction of sp³-hybridized carbons (Fsp3) is 0.714. The van der Waals surface area contributed by atoms with E-state index < -0.39 is 54.8 Å². The molecule has 2 saturated heterocycles. The summed E-state index contributed by atoms with van der Waals surface area (Å²) in [6.45, 7) is 9.96. The van der Waals surface area contributed by atoms with Gasteiger partial charge in [-0.25, -0.2) is 0 Å². The van der Waals surface area contributed by atoms with Gasteiger partial charge >= 0.3 is 12.1 Å². The van der Waals surface area contributed by atoms with Crippen LogP contribution < -0.4 is 0 Å². The molecule has 0 radical (unpaired) electrons. The summed E-state index contributed by atoms with van der Waals surface area (Å²) in [5.41, 5.74) is -2.62. The number of alkyl halides is 3. The fourth-order valence-electron chi connectivity index (χ4n) is 8.13. The molecule has 15 heteroatoms. The maximum atomic E-state index is 15.1. The van der Waals surface area contributed by atoms with Crippen LogP contribution in [0, 0.1) is 5.41 Å². The molecule has 1 unspecified atom stereocenters. The van der Waals surface area contributed by atoms with Crippen LogP contribution in [0.5, 0.6) is 0 Å². The van der Waals surface area contributed by atoms with Crippen LogP contribution in [-0.4, -0.2) is 71.3 Å². The van der Waals surface area contributed by atoms with Gasteiger partial charge in [0.25, 0.3) is 5.91 Å². The Morgan fingerprint density at radius 1 is 1.02 bits per heavy atom. The molecular weight excluding hydrogens is 712 g/mol. The number of ether oxygens (including phenoxy) is 2. The number of fused-ring (bicyclic) bond motifs is 2. The Morgan fingerprint density at radius 3 is 2.12 bits per heavy atom. The third-order valence-electron chi connectivity index (χ3n) is 11.4. The number of esters is 1. The highest BCUT2D eigenvalue weighted by atomic mass is 35.5. The first-order chi connectivity index (χ1) is 23.6. The average Bonchev–Trinajstić information content (AvgIpc) is 3.82. The monoisotopic (exact) mass is 760 g/mol. The first-order valence-electron chi connectivity index (χ1n) is 17.9. The predicted octanol–water partition coefficient (Wildman–Crippen LogP) is 9.21. The predicted molar refractivity (Wildman–Crippen MR) is 187 cm³/mol. The van der Waals surface area contributed by atoms with Crippen molar-refractivity contribution in [3.8, 4) is 0 Å². The molecule has 5 rings (SSSR count). The molecule has 3 fully saturated rings. The lowest BCUT2D eigenvalue weighted by Gasteiger charge is -2.39. The minimum Gasteiger partial charge on any atom is -0.466 e. The summed E-state index contributed by atoms with van der Waals surface area (Å²) in [5, 5.41) is 4.72. The average molecular weight is 762 g/mol. The van der Waals surface area contributed by atoms with Crippen LogP contribution in [-0.2, 0) is 24.9 Å². The zero-order valence-electron chi connectivity index (χ0n) is 29.6. The molecule has 1 atom stereocenters. The second-order valence-corrected chi connectivity index (χ2v) is 20.0. The first-order valence-corrected chi connectivity index (χ1v) is 21.2. The van der Waals surface area contributed by atoms with Gasteiger partial charge in [-0.1, -0.05) is 44.0 Å². The number of aromatic nitrogens is 3. The Bertz CT molecular complexity index is 1490. The number of amides is 1. The molecule has 1 amide bonds. The topological polar surface area (TPSA) is 95.8 Å². The summed E-state index contributed by atoms with van der Waals surface area (Å²) in [6, 6.07) is 1.73. The van der Waals surface area contributed by atoms with Gasteiger partial charge in [-0.3, -0.25) is 19.3 Å². The number of hydrogen-bond donors (Lipinski definition) is 0. The molecule has 278 valence electrons. The van der Waals surface area contributed by atoms with Crippen molar-refractivity contribution in [1.29, 1.82) is 0 Å². The van der Waals surface area contributed by atoms with E-state index in [1.807, 2.05) is 0 Å². The highest BCUT2D eigenvalue weighted by Crippen LogP contribution is 2.47. The van der Waals surface area contributed by atoms with Gasteiger partial charge in [0, 0.05) is 18.0 Å². The normalized spacial score (nSPS) is 25.9. The van der Waals surface area contributed by atoms with E-state index in [0.717, 1.165) is 41.9 Å². The van der Waals surface area contributed by atoms with Crippen LogP contribution in [0.2, 0.25) is 28.2 Å². The van der Waals surface area contributed by atoms with Crippen molar-refractivity contribution in [2.75, 3.05) is 19.7 Å². The molecule has 1 aliphatic carbocycles. The van der Waals surface area contributed by atoms with Crippen LogP contribution in [0.4, 0.5) is 13.2 Å². The van der Waals surface area contributed by atoms with E-state index in [-0.39, 0.29) is 54.7 Å². The number of carbonyl (C=O) groups is 2. The second kappa shape index (κ2) is 15.4. The van der Waals surface area contributed by atoms with Crippen molar-refractivity contribution in [3.63, 3.8) is 0 Å². The SMILES string of the molecule is CCOC(=O)[C@]1(C)CC[C@@H](n2ncc(C(=O)N(CC(O[Si](CC)(CC)CC)c3c(Cl)cncc3Cl)C[C@]34CC[C@H](CC3)O4)c2C(F)(F)F)CC1. The molecule has 2 aromatic heterocycles. The Balaban J connectivity index is 1.54. The van der Waals surface area contributed by atoms with E-state index in [0.29, 0.717) is 31.2 Å². The molecule has 2 aliphatic heterocycles. The van der Waals surface area contributed by atoms with Gasteiger partial charge in [0.2, 0.25) is 0 Å². The number of pyridine rings is 1. The molecule has 0 aromatic carbocycles. The van der Waals surface area contributed by atoms with E-state index >= 15 is 13.2 Å². The molecule has 0 spiro atoms. The van der Waals surface area contributed by atoms with Gasteiger partial charge in [-0.05, 0) is 83.3 Å². The van der Waals surface area contributed by atoms with E-state index in [4.69, 9.17) is 37.1 Å². The molecule has 50 heavy (non-hydrogen) atoms. The van der Waals surface area contributed by atoms with Crippen molar-refractivity contribution in [3.05, 3.63) is 45.5 Å². The van der Waals surface area contributed by atoms with Crippen molar-refractivity contribution in [1.82, 2.24) is 19.7 Å². The summed E-state index contributed by atoms with van der Waals surface area (Å²) in [6.07, 6.45) is 2.65. The summed E-state index contributed by atoms with van der Waals surface area (Å²) in [4.78, 5) is 32.8. The Labute approximate surface area is 303 Å². The van der Waals surface area contributed by atoms with Gasteiger partial charge in [-0.15, -0.1) is 0 Å². The lowest BCUT2D eigenvalue weighted by Crippen LogP contribution is -2.48. The maximum Gasteiger partial charge on any atom is 0.433 e. The number of nitrogens with zero attached hydrogens (tertiary/aromatic N) is 4. The zero-order valence-corrected chi connectivity index (χ0v) is 32.1. The van der Waals surface area contributed by atoms with E-state index in [9.17, 15) is 9.59 Å². The summed E-state index contributed by atoms with van der Waals surface area (Å²) >= 11 is 13.4. The molecular formula is C35H49Cl2F3N4O5Si. The smallest absolute Gasteiger partial charge is 0.433 e. The maximum absolute atomic E-state index is 15.1. The van der Waals surface area contributed by atoms with Gasteiger partial charge in [0.1, 0.15) is 0 Å². The van der Waals surface area contributed by atoms with Crippen molar-refractivity contribution >= 4 is 43.4 Å². The number of carbonyl (C=O) groups excluding carboxylic acids is 2. The van der Waals surface area contributed by atoms with Crippen LogP contribution in [0.3, 0.4) is 0 Å². The zero-order chi connectivity index (χ0) is 36.5. The van der Waals surface area contributed by atoms with Gasteiger partial charge in [-0.2, -0.15) is 18.3 Å². The molecule has 3 aliphatic rings. The molecule has 4 heterocycles. The number of hydrogen-bond acceptors (Lipinski definition) is 7. The van der Waals surface area contributed by atoms with Gasteiger partial charge in [0.15, 0.2) is 14.0 Å². The van der Waals surface area contributed by atoms with Crippen molar-refractivity contribution in [2.45, 2.75) is 134 Å². The summed E-state index contributed by atoms with van der Waals surface area (Å²) in [7, 11) is -2.37. The summed E-state index contributed by atoms with van der Waals surface area (Å²) in [5.74, 6) is -1.16. The Hall–Kier alpha value is -2.19. The quantitative estimate of drug-likeness (QED) is 0.140. The molecule has 9 nitrogen and oxygen atoms in total. The second-order valence-electron chi connectivity index (χ2n) is 14.4. The number of rotatable bonds is 14. The van der Waals surface area contributed by atoms with E-state index in [1.165, 1.54) is 17.3 Å². The Kier molecular flexibility index (Phi) is 12.0. The van der Waals surface area contributed by atoms with Crippen LogP contribution in [0.15, 0.2) is 18.6 Å². The molecule has 2 aromatic rings. The summed E-state index contributed by atoms with van der Waals surface area (Å²) < 4.78 is 64.7. The van der Waals surface area contributed by atoms with Crippen LogP contribution in [0.1, 0.15) is 120 Å². The Morgan fingerprint density at radius 2 is 1.62 bits per heavy atom. The van der Waals surface area contributed by atoms with Gasteiger partial charge < -0.3 is 18.8 Å². The largest absolute Gasteiger partial charge is 0.466 e. The highest BCUT2D eigenvalue weighted by molar-refractivity contribution is 6.73. The van der Waals surface area contributed by atoms with Crippen LogP contribution >= 0.6 is 23.2 Å². The molecule has 1 saturated carbocycles. The molecule has 2 bridgehead atoms. The standard InChI is InChI=1S/C35H49Cl2F3N4O5Si/c1-6-47-32(46)33(5)14-10-23(11-15-33)44-30(35(38,39)40)25(18-42-44)31(45)43(22-34-16-12-24(48-34)13-17-34)21-28(49-50(7-2,8-3)9-4)29-26(36)19-41-20-27(29)37/h18-20,23-24,28H,6-17,21-22H2,1-5H3/t23-,24-,28?,33-,34+. The third kappa shape index (κ3) is 7.91. The lowest BCUT2D eigenvalue weighted by atomic mass is 9.74. The van der Waals surface area contributed by atoms with E-state index in [2.05, 4.69) is 30.9 Å². The first kappa shape index (κ1) is 39.0. The fourth-order valence-corrected chi connectivity index (χ4v) is 11.5.